The summed E-state index contributed by atoms with van der Waals surface area (Å²) in [7, 11) is 0. The van der Waals surface area contributed by atoms with Gasteiger partial charge in [-0.15, -0.1) is 0 Å². The Hall–Kier alpha value is -3.30. The molecule has 194 valence electrons. The molecular weight excluding hydrogens is 509 g/mol. The minimum atomic E-state index is -4.58. The Morgan fingerprint density at radius 3 is 2.41 bits per heavy atom. The smallest absolute Gasteiger partial charge is 0.416 e. The van der Waals surface area contributed by atoms with Crippen molar-refractivity contribution in [2.75, 3.05) is 13.1 Å². The van der Waals surface area contributed by atoms with Crippen molar-refractivity contribution in [2.45, 2.75) is 38.0 Å². The maximum absolute atomic E-state index is 13.8. The molecule has 2 heterocycles. The van der Waals surface area contributed by atoms with Crippen molar-refractivity contribution in [3.8, 4) is 5.69 Å². The quantitative estimate of drug-likeness (QED) is 0.497. The van der Waals surface area contributed by atoms with Gasteiger partial charge in [-0.1, -0.05) is 17.7 Å². The van der Waals surface area contributed by atoms with Crippen LogP contribution in [0.4, 0.5) is 13.2 Å². The van der Waals surface area contributed by atoms with Gasteiger partial charge in [0, 0.05) is 48.0 Å². The van der Waals surface area contributed by atoms with Gasteiger partial charge in [0.1, 0.15) is 0 Å². The molecule has 1 aliphatic carbocycles. The summed E-state index contributed by atoms with van der Waals surface area (Å²) in [6.45, 7) is 0.584. The number of carboxylic acids is 1. The molecule has 2 aromatic carbocycles. The fraction of sp³-hybridized carbons (Fsp3) is 0.333. The van der Waals surface area contributed by atoms with Crippen molar-refractivity contribution >= 4 is 23.5 Å². The first-order chi connectivity index (χ1) is 17.5. The number of carbonyl (C=O) groups is 2. The van der Waals surface area contributed by atoms with Crippen molar-refractivity contribution < 1.29 is 33.0 Å². The zero-order valence-corrected chi connectivity index (χ0v) is 20.4. The van der Waals surface area contributed by atoms with Crippen LogP contribution < -0.4 is 0 Å². The molecule has 1 aliphatic heterocycles. The molecule has 1 fully saturated rings. The molecule has 37 heavy (non-hydrogen) atoms. The number of nitrogens with zero attached hydrogens (tertiary/aromatic N) is 2. The van der Waals surface area contributed by atoms with Crippen molar-refractivity contribution in [1.82, 2.24) is 9.47 Å². The number of hydrogen-bond acceptors (Lipinski definition) is 3. The van der Waals surface area contributed by atoms with Crippen LogP contribution in [0.5, 0.6) is 0 Å². The number of fused-ring (bicyclic) bond motifs is 1. The largest absolute Gasteiger partial charge is 0.478 e. The van der Waals surface area contributed by atoms with Crippen LogP contribution in [0, 0.1) is 5.92 Å². The van der Waals surface area contributed by atoms with Gasteiger partial charge in [-0.25, -0.2) is 4.79 Å². The van der Waals surface area contributed by atoms with E-state index >= 15 is 0 Å². The van der Waals surface area contributed by atoms with E-state index in [0.717, 1.165) is 17.3 Å². The average molecular weight is 533 g/mol. The van der Waals surface area contributed by atoms with E-state index in [9.17, 15) is 33.0 Å². The number of halogens is 4. The van der Waals surface area contributed by atoms with Crippen LogP contribution in [0.3, 0.4) is 0 Å². The zero-order chi connectivity index (χ0) is 26.5. The first-order valence-corrected chi connectivity index (χ1v) is 12.3. The number of aromatic carboxylic acids is 1. The number of benzene rings is 2. The number of aliphatic hydroxyl groups is 1. The molecular formula is C27H24ClF3N2O4. The molecule has 1 amide bonds. The third kappa shape index (κ3) is 4.85. The molecule has 6 nitrogen and oxygen atoms in total. The maximum Gasteiger partial charge on any atom is 0.416 e. The normalized spacial score (nSPS) is 17.9. The van der Waals surface area contributed by atoms with Gasteiger partial charge in [0.15, 0.2) is 0 Å². The van der Waals surface area contributed by atoms with Gasteiger partial charge in [0.2, 0.25) is 5.91 Å². The van der Waals surface area contributed by atoms with Crippen LogP contribution in [-0.2, 0) is 30.2 Å². The van der Waals surface area contributed by atoms with E-state index in [1.54, 1.807) is 23.2 Å². The fourth-order valence-electron chi connectivity index (χ4n) is 5.27. The second-order valence-electron chi connectivity index (χ2n) is 9.58. The van der Waals surface area contributed by atoms with Crippen molar-refractivity contribution in [2.24, 2.45) is 5.92 Å². The minimum Gasteiger partial charge on any atom is -0.478 e. The van der Waals surface area contributed by atoms with Gasteiger partial charge in [0.05, 0.1) is 17.2 Å². The van der Waals surface area contributed by atoms with E-state index in [0.29, 0.717) is 43.6 Å². The molecule has 3 aromatic rings. The lowest BCUT2D eigenvalue weighted by Gasteiger charge is -2.39. The SMILES string of the molecule is O=C(O)c1ccc(-n2cc(Cc3c(Cl)cccc3C(F)(F)F)c3c2CCC(C(=O)N2CC(O)C2)C3)cc1. The number of carbonyl (C=O) groups excluding carboxylic acids is 1. The first-order valence-electron chi connectivity index (χ1n) is 11.9. The van der Waals surface area contributed by atoms with Crippen LogP contribution in [0.15, 0.2) is 48.7 Å². The number of β-amino-alcohol motifs (C(OH)–C–C–N with tert-alkyl or cyclic N) is 1. The molecule has 1 saturated heterocycles. The highest BCUT2D eigenvalue weighted by molar-refractivity contribution is 6.31. The highest BCUT2D eigenvalue weighted by atomic mass is 35.5. The van der Waals surface area contributed by atoms with Gasteiger partial charge in [-0.05, 0) is 72.4 Å². The Bertz CT molecular complexity index is 1360. The Balaban J connectivity index is 1.56. The van der Waals surface area contributed by atoms with E-state index in [4.69, 9.17) is 11.6 Å². The summed E-state index contributed by atoms with van der Waals surface area (Å²) in [4.78, 5) is 25.9. The molecule has 2 aliphatic rings. The molecule has 2 N–H and O–H groups in total. The number of aliphatic hydroxyl groups excluding tert-OH is 1. The second kappa shape index (κ2) is 9.54. The maximum atomic E-state index is 13.8. The van der Waals surface area contributed by atoms with Crippen LogP contribution in [0.25, 0.3) is 5.69 Å². The number of carboxylic acid groups (broad SMARTS) is 1. The molecule has 1 unspecified atom stereocenters. The van der Waals surface area contributed by atoms with Crippen LogP contribution in [0.1, 0.15) is 44.7 Å². The minimum absolute atomic E-state index is 0.0140. The van der Waals surface area contributed by atoms with Gasteiger partial charge in [0.25, 0.3) is 0 Å². The van der Waals surface area contributed by atoms with Crippen LogP contribution in [0.2, 0.25) is 5.02 Å². The zero-order valence-electron chi connectivity index (χ0n) is 19.6. The summed E-state index contributed by atoms with van der Waals surface area (Å²) < 4.78 is 43.3. The second-order valence-corrected chi connectivity index (χ2v) is 9.99. The topological polar surface area (TPSA) is 82.8 Å². The molecule has 5 rings (SSSR count). The summed E-state index contributed by atoms with van der Waals surface area (Å²) in [5.74, 6) is -1.45. The highest BCUT2D eigenvalue weighted by Gasteiger charge is 2.38. The Morgan fingerprint density at radius 1 is 1.08 bits per heavy atom. The summed E-state index contributed by atoms with van der Waals surface area (Å²) in [5.41, 5.74) is 2.29. The van der Waals surface area contributed by atoms with Crippen molar-refractivity contribution in [3.63, 3.8) is 0 Å². The summed E-state index contributed by atoms with van der Waals surface area (Å²) >= 11 is 6.25. The fourth-order valence-corrected chi connectivity index (χ4v) is 5.51. The third-order valence-electron chi connectivity index (χ3n) is 7.20. The monoisotopic (exact) mass is 532 g/mol. The predicted molar refractivity (Wildman–Crippen MR) is 130 cm³/mol. The van der Waals surface area contributed by atoms with Gasteiger partial charge in [-0.3, -0.25) is 4.79 Å². The lowest BCUT2D eigenvalue weighted by Crippen LogP contribution is -2.55. The molecule has 1 atom stereocenters. The molecule has 1 aromatic heterocycles. The average Bonchev–Trinajstić information content (AvgIpc) is 3.20. The Kier molecular flexibility index (Phi) is 6.53. The van der Waals surface area contributed by atoms with Gasteiger partial charge in [-0.2, -0.15) is 13.2 Å². The molecule has 0 bridgehead atoms. The van der Waals surface area contributed by atoms with Crippen molar-refractivity contribution in [3.05, 3.63) is 87.2 Å². The van der Waals surface area contributed by atoms with Crippen molar-refractivity contribution in [1.29, 1.82) is 0 Å². The van der Waals surface area contributed by atoms with E-state index in [-0.39, 0.29) is 34.4 Å². The first kappa shape index (κ1) is 25.4. The molecule has 0 radical (unpaired) electrons. The Labute approximate surface area is 215 Å². The van der Waals surface area contributed by atoms with Gasteiger partial charge >= 0.3 is 12.1 Å². The van der Waals surface area contributed by atoms with Gasteiger partial charge < -0.3 is 19.7 Å². The lowest BCUT2D eigenvalue weighted by molar-refractivity contribution is -0.146. The molecule has 0 spiro atoms. The summed E-state index contributed by atoms with van der Waals surface area (Å²) in [5, 5.41) is 18.8. The number of hydrogen-bond donors (Lipinski definition) is 2. The number of amides is 1. The number of rotatable bonds is 5. The summed E-state index contributed by atoms with van der Waals surface area (Å²) in [6, 6.07) is 9.98. The lowest BCUT2D eigenvalue weighted by atomic mass is 9.83. The summed E-state index contributed by atoms with van der Waals surface area (Å²) in [6.07, 6.45) is -1.94. The van der Waals surface area contributed by atoms with E-state index in [2.05, 4.69) is 0 Å². The number of alkyl halides is 3. The molecule has 0 saturated carbocycles. The third-order valence-corrected chi connectivity index (χ3v) is 7.55. The molecule has 10 heteroatoms. The van der Waals surface area contributed by atoms with Crippen LogP contribution in [-0.4, -0.2) is 50.8 Å². The standard InChI is InChI=1S/C27H24ClF3N2O4/c28-23-3-1-2-22(27(29,30)31)21(23)11-17-12-33(18-7-4-15(5-8-18)26(36)37)24-9-6-16(10-20(17)24)25(35)32-13-19(34)14-32/h1-5,7-8,12,16,19,34H,6,9-11,13-14H2,(H,36,37). The number of aromatic nitrogens is 1. The van der Waals surface area contributed by atoms with E-state index in [1.807, 2.05) is 4.57 Å². The van der Waals surface area contributed by atoms with E-state index in [1.165, 1.54) is 24.3 Å². The highest BCUT2D eigenvalue weighted by Crippen LogP contribution is 2.39. The van der Waals surface area contributed by atoms with Crippen LogP contribution >= 0.6 is 11.6 Å². The Morgan fingerprint density at radius 2 is 1.78 bits per heavy atom. The predicted octanol–water partition coefficient (Wildman–Crippen LogP) is 4.75. The van der Waals surface area contributed by atoms with E-state index < -0.39 is 23.8 Å². The number of likely N-dealkylation sites (tertiary alicyclic amines) is 1.